The molecule has 12 heteroatoms. The molecule has 0 aliphatic heterocycles. The summed E-state index contributed by atoms with van der Waals surface area (Å²) < 4.78 is 0. The molecule has 0 saturated heterocycles. The van der Waals surface area contributed by atoms with E-state index in [1.54, 1.807) is 25.1 Å². The molecule has 0 spiro atoms. The molecule has 0 aromatic heterocycles. The third-order valence-corrected chi connectivity index (χ3v) is 9.49. The van der Waals surface area contributed by atoms with Crippen molar-refractivity contribution in [2.45, 2.75) is 184 Å². The van der Waals surface area contributed by atoms with E-state index in [2.05, 4.69) is 147 Å². The number of Topliss-reactive ketones (excluding diaryl/α,β-unsaturated/α-hetero) is 2. The fourth-order valence-corrected chi connectivity index (χ4v) is 4.88. The highest BCUT2D eigenvalue weighted by Gasteiger charge is 2.20. The number of aldehydes is 1. The lowest BCUT2D eigenvalue weighted by Gasteiger charge is -2.15. The van der Waals surface area contributed by atoms with E-state index in [4.69, 9.17) is 31.7 Å². The molecular weight excluding hydrogens is 1010 g/mol. The normalized spacial score (nSPS) is 8.68. The number of carbonyl (C=O) groups excluding carboxylic acids is 5. The molecule has 448 valence electrons. The van der Waals surface area contributed by atoms with Crippen molar-refractivity contribution in [1.29, 1.82) is 0 Å². The van der Waals surface area contributed by atoms with Crippen LogP contribution in [0, 0.1) is 31.6 Å². The zero-order valence-electron chi connectivity index (χ0n) is 53.3. The molecule has 4 aromatic rings. The number of hydrogen-bond acceptors (Lipinski definition) is 9. The van der Waals surface area contributed by atoms with Crippen molar-refractivity contribution in [3.05, 3.63) is 148 Å². The predicted octanol–water partition coefficient (Wildman–Crippen LogP) is 17.8. The summed E-state index contributed by atoms with van der Waals surface area (Å²) in [6.07, 6.45) is 11.5. The van der Waals surface area contributed by atoms with E-state index in [1.165, 1.54) is 54.9 Å². The number of carbonyl (C=O) groups is 5. The van der Waals surface area contributed by atoms with Crippen molar-refractivity contribution >= 4 is 70.2 Å². The van der Waals surface area contributed by atoms with Crippen LogP contribution in [0.3, 0.4) is 0 Å². The Hall–Kier alpha value is -5.38. The molecule has 4 rings (SSSR count). The number of amides is 1. The molecule has 1 amide bonds. The molecule has 6 N–H and O–H groups in total. The highest BCUT2D eigenvalue weighted by Crippen LogP contribution is 2.27. The molecule has 0 saturated carbocycles. The maximum absolute atomic E-state index is 12.1. The third-order valence-electron chi connectivity index (χ3n) is 9.26. The van der Waals surface area contributed by atoms with Crippen LogP contribution in [0.5, 0.6) is 0 Å². The molecule has 0 aliphatic rings. The molecule has 0 bridgehead atoms. The van der Waals surface area contributed by atoms with Crippen molar-refractivity contribution < 1.29 is 24.0 Å². The molecule has 0 fully saturated rings. The van der Waals surface area contributed by atoms with Crippen molar-refractivity contribution in [2.75, 3.05) is 20.1 Å². The Bertz CT molecular complexity index is 1850. The Morgan fingerprint density at radius 1 is 0.731 bits per heavy atom. The first-order valence-corrected chi connectivity index (χ1v) is 28.7. The van der Waals surface area contributed by atoms with E-state index >= 15 is 0 Å². The van der Waals surface area contributed by atoms with Gasteiger partial charge in [-0.05, 0) is 121 Å². The number of primary amides is 1. The zero-order valence-corrected chi connectivity index (χ0v) is 55.1. The first-order chi connectivity index (χ1) is 37.2. The second-order valence-corrected chi connectivity index (χ2v) is 16.8. The first kappa shape index (κ1) is 95.0. The summed E-state index contributed by atoms with van der Waals surface area (Å²) in [5.74, 6) is 1.39. The third kappa shape index (κ3) is 74.9. The van der Waals surface area contributed by atoms with Crippen LogP contribution in [0.15, 0.2) is 114 Å². The van der Waals surface area contributed by atoms with Gasteiger partial charge >= 0.3 is 0 Å². The fraction of sp³-hybridized carbons (Fsp3) is 0.500. The predicted molar refractivity (Wildman–Crippen MR) is 355 cm³/mol. The van der Waals surface area contributed by atoms with E-state index in [0.717, 1.165) is 55.9 Å². The van der Waals surface area contributed by atoms with Gasteiger partial charge in [-0.2, -0.15) is 0 Å². The Balaban J connectivity index is -0.0000000853. The van der Waals surface area contributed by atoms with Crippen LogP contribution in [0.4, 0.5) is 5.69 Å². The lowest BCUT2D eigenvalue weighted by atomic mass is 9.89. The van der Waals surface area contributed by atoms with Crippen LogP contribution in [0.1, 0.15) is 200 Å². The largest absolute Gasteiger partial charge is 0.392 e. The number of rotatable bonds is 15. The van der Waals surface area contributed by atoms with Crippen molar-refractivity contribution in [1.82, 2.24) is 10.6 Å². The summed E-state index contributed by atoms with van der Waals surface area (Å²) in [7, 11) is 4.57. The van der Waals surface area contributed by atoms with Gasteiger partial charge in [0.15, 0.2) is 11.6 Å². The van der Waals surface area contributed by atoms with Gasteiger partial charge < -0.3 is 31.7 Å². The van der Waals surface area contributed by atoms with Crippen LogP contribution in [-0.2, 0) is 27.3 Å². The number of halogens is 1. The minimum atomic E-state index is -0.0262. The number of nitrogens with one attached hydrogen (secondary N) is 2. The van der Waals surface area contributed by atoms with E-state index in [-0.39, 0.29) is 23.9 Å². The van der Waals surface area contributed by atoms with Crippen molar-refractivity contribution in [3.8, 4) is 0 Å². The van der Waals surface area contributed by atoms with E-state index in [0.29, 0.717) is 22.2 Å². The lowest BCUT2D eigenvalue weighted by molar-refractivity contribution is -0.107. The van der Waals surface area contributed by atoms with Crippen LogP contribution in [0.25, 0.3) is 0 Å². The highest BCUT2D eigenvalue weighted by molar-refractivity contribution is 7.15. The number of aliphatic imine (C=N–C) groups is 1. The number of aryl methyl sites for hydroxylation is 3. The van der Waals surface area contributed by atoms with Gasteiger partial charge in [-0.3, -0.25) is 19.4 Å². The van der Waals surface area contributed by atoms with Crippen LogP contribution < -0.4 is 22.1 Å². The van der Waals surface area contributed by atoms with Gasteiger partial charge in [0.25, 0.3) is 0 Å². The summed E-state index contributed by atoms with van der Waals surface area (Å²) in [5, 5.41) is 6.82. The summed E-state index contributed by atoms with van der Waals surface area (Å²) in [5.41, 5.74) is 17.4. The van der Waals surface area contributed by atoms with Crippen LogP contribution in [0.2, 0.25) is 5.02 Å². The minimum Gasteiger partial charge on any atom is -0.392 e. The molecular formula is C66H117ClN5O5P. The Morgan fingerprint density at radius 3 is 1.42 bits per heavy atom. The number of nitrogens with zero attached hydrogens (tertiary/aromatic N) is 1. The number of nitrogens with two attached hydrogens (primary N) is 2. The molecule has 1 unspecified atom stereocenters. The quantitative estimate of drug-likeness (QED) is 0.0299. The van der Waals surface area contributed by atoms with Gasteiger partial charge in [-0.1, -0.05) is 238 Å². The standard InChI is InChI=1S/C13H16ClNO.C12H19N.C9H10O.C8H10.C6H14.C4H9N.C3H9N.C2H4O.3C2H6.CH3NO.CH2O.CH3P/c1-8(2)9(3)13(16)11-6-5-10(14)7-12(11)15-4;1-3-4-9-13-10-12-7-5-11(2)6-8-12;1-7-3-5-9(6-4-7)8(2)10;1-2-8-6-4-3-5-7-8;1-4-5-6(2)3;1-4(2)5-3;1-2-3-4;1-2-3;3*1-2;2-1-3;2*1-2/h5-9H,4H2,1-3H3;5-8,13H,3-4,9-10H2,1-2H3;3-6H,1-2H3;3-7H,2H2,1H3;6H,4-5H2,1-3H3;5H,1H2,2-3H3;2-4H2,1H3;2H,1H3;3*1-2H3;1H,(H2,2,3);1H2;2H,1H2. The smallest absolute Gasteiger partial charge is 0.204 e. The topological polar surface area (TPSA) is 174 Å². The van der Waals surface area contributed by atoms with Crippen LogP contribution in [-0.4, -0.2) is 64.2 Å². The average Bonchev–Trinajstić information content (AvgIpc) is 3.46. The Labute approximate surface area is 488 Å². The Morgan fingerprint density at radius 2 is 1.14 bits per heavy atom. The van der Waals surface area contributed by atoms with E-state index < -0.39 is 0 Å². The zero-order chi connectivity index (χ0) is 63.3. The number of ketones is 2. The number of allylic oxidation sites excluding steroid dienone is 1. The fourth-order valence-electron chi connectivity index (χ4n) is 4.71. The minimum absolute atomic E-state index is 0.0262. The number of unbranched alkanes of at least 4 members (excludes halogenated alkanes) is 1. The molecule has 0 heterocycles. The monoisotopic (exact) mass is 1130 g/mol. The SMILES string of the molecule is C=C(C)NC.C=Nc1cc(Cl)ccc1C(=O)C(C)C(C)C.C=O.C=P.CC.CC.CC.CC(=O)c1ccc(C)cc1.CC=O.CCCC(C)C.CCCCNCc1ccc(C)cc1.CCCN.CCc1ccccc1.NC=O. The first-order valence-electron chi connectivity index (χ1n) is 27.6. The Kier molecular flexibility index (Phi) is 98.0. The maximum Gasteiger partial charge on any atom is 0.204 e. The molecule has 0 aliphatic carbocycles. The number of hydrogen-bond donors (Lipinski definition) is 4. The highest BCUT2D eigenvalue weighted by atomic mass is 35.5. The van der Waals surface area contributed by atoms with E-state index in [9.17, 15) is 9.59 Å². The van der Waals surface area contributed by atoms with Gasteiger partial charge in [-0.25, -0.2) is 0 Å². The van der Waals surface area contributed by atoms with Crippen LogP contribution >= 0.6 is 20.5 Å². The number of benzene rings is 4. The average molecular weight is 1130 g/mol. The molecule has 1 atom stereocenters. The van der Waals surface area contributed by atoms with Crippen molar-refractivity contribution in [2.24, 2.45) is 34.2 Å². The van der Waals surface area contributed by atoms with Gasteiger partial charge in [0, 0.05) is 35.7 Å². The van der Waals surface area contributed by atoms with Gasteiger partial charge in [0.2, 0.25) is 6.41 Å². The second kappa shape index (κ2) is 80.5. The molecule has 78 heavy (non-hydrogen) atoms. The summed E-state index contributed by atoms with van der Waals surface area (Å²) in [6, 6.07) is 31.8. The molecule has 4 aromatic carbocycles. The molecule has 0 radical (unpaired) electrons. The maximum atomic E-state index is 12.1. The van der Waals surface area contributed by atoms with Crippen molar-refractivity contribution in [3.63, 3.8) is 0 Å². The summed E-state index contributed by atoms with van der Waals surface area (Å²) in [4.78, 5) is 52.1. The van der Waals surface area contributed by atoms with Gasteiger partial charge in [0.05, 0.1) is 5.69 Å². The van der Waals surface area contributed by atoms with Gasteiger partial charge in [0.1, 0.15) is 13.1 Å². The summed E-state index contributed by atoms with van der Waals surface area (Å²) in [6.45, 7) is 52.2. The lowest BCUT2D eigenvalue weighted by Crippen LogP contribution is -2.17. The second-order valence-electron chi connectivity index (χ2n) is 16.4. The molecule has 10 nitrogen and oxygen atoms in total. The summed E-state index contributed by atoms with van der Waals surface area (Å²) >= 11 is 5.84. The van der Waals surface area contributed by atoms with Gasteiger partial charge in [-0.15, -0.1) is 8.86 Å². The van der Waals surface area contributed by atoms with E-state index in [1.807, 2.05) is 120 Å².